The van der Waals surface area contributed by atoms with Crippen LogP contribution in [0.2, 0.25) is 0 Å². The van der Waals surface area contributed by atoms with Crippen LogP contribution in [0.3, 0.4) is 0 Å². The Labute approximate surface area is 134 Å². The number of hydrogen-bond acceptors (Lipinski definition) is 1. The van der Waals surface area contributed by atoms with E-state index in [4.69, 9.17) is 0 Å². The van der Waals surface area contributed by atoms with Gasteiger partial charge < -0.3 is 5.32 Å². The summed E-state index contributed by atoms with van der Waals surface area (Å²) in [7, 11) is 0. The van der Waals surface area contributed by atoms with Gasteiger partial charge in [0.15, 0.2) is 0 Å². The molecule has 0 saturated heterocycles. The van der Waals surface area contributed by atoms with Crippen LogP contribution in [0.1, 0.15) is 26.2 Å². The van der Waals surface area contributed by atoms with Crippen LogP contribution in [0, 0.1) is 0 Å². The van der Waals surface area contributed by atoms with Crippen molar-refractivity contribution in [2.24, 2.45) is 0 Å². The van der Waals surface area contributed by atoms with Crippen LogP contribution in [-0.4, -0.2) is 6.54 Å². The highest BCUT2D eigenvalue weighted by Gasteiger charge is 1.88. The molecule has 114 valence electrons. The molecule has 0 unspecified atom stereocenters. The highest BCUT2D eigenvalue weighted by atomic mass is 14.9. The van der Waals surface area contributed by atoms with Crippen molar-refractivity contribution in [2.75, 3.05) is 11.9 Å². The fourth-order valence-electron chi connectivity index (χ4n) is 2.30. The smallest absolute Gasteiger partial charge is 0.0340 e. The summed E-state index contributed by atoms with van der Waals surface area (Å²) >= 11 is 0. The maximum Gasteiger partial charge on any atom is 0.0340 e. The van der Waals surface area contributed by atoms with Gasteiger partial charge in [-0.1, -0.05) is 86.5 Å². The Bertz CT molecular complexity index is 581. The maximum atomic E-state index is 3.38. The molecule has 0 atom stereocenters. The zero-order valence-electron chi connectivity index (χ0n) is 13.3. The Morgan fingerprint density at radius 3 is 1.64 bits per heavy atom. The molecule has 0 saturated carbocycles. The van der Waals surface area contributed by atoms with Crippen LogP contribution in [0.25, 0.3) is 10.8 Å². The minimum atomic E-state index is 1.10. The van der Waals surface area contributed by atoms with Crippen LogP contribution in [0.5, 0.6) is 0 Å². The van der Waals surface area contributed by atoms with Crippen LogP contribution in [0.15, 0.2) is 78.9 Å². The van der Waals surface area contributed by atoms with E-state index in [1.165, 1.54) is 35.7 Å². The molecule has 3 aromatic rings. The molecule has 0 aliphatic carbocycles. The quantitative estimate of drug-likeness (QED) is 0.558. The summed E-state index contributed by atoms with van der Waals surface area (Å²) in [6.07, 6.45) is 3.88. The van der Waals surface area contributed by atoms with Crippen molar-refractivity contribution in [1.82, 2.24) is 0 Å². The number of fused-ring (bicyclic) bond motifs is 1. The van der Waals surface area contributed by atoms with Gasteiger partial charge in [-0.15, -0.1) is 0 Å². The second kappa shape index (κ2) is 9.62. The molecule has 0 spiro atoms. The molecule has 1 heteroatoms. The average Bonchev–Trinajstić information content (AvgIpc) is 2.60. The molecule has 1 nitrogen and oxygen atoms in total. The van der Waals surface area contributed by atoms with Crippen LogP contribution in [0.4, 0.5) is 5.69 Å². The lowest BCUT2D eigenvalue weighted by atomic mass is 10.1. The third-order valence-electron chi connectivity index (χ3n) is 3.54. The Kier molecular flexibility index (Phi) is 7.04. The molecule has 22 heavy (non-hydrogen) atoms. The summed E-state index contributed by atoms with van der Waals surface area (Å²) in [5.74, 6) is 0. The van der Waals surface area contributed by atoms with Gasteiger partial charge >= 0.3 is 0 Å². The fraction of sp³-hybridized carbons (Fsp3) is 0.238. The van der Waals surface area contributed by atoms with E-state index in [1.54, 1.807) is 0 Å². The SMILES string of the molecule is CCCCCNc1ccccc1.c1ccc2ccccc2c1. The van der Waals surface area contributed by atoms with E-state index in [-0.39, 0.29) is 0 Å². The van der Waals surface area contributed by atoms with E-state index in [9.17, 15) is 0 Å². The maximum absolute atomic E-state index is 3.38. The lowest BCUT2D eigenvalue weighted by molar-refractivity contribution is 0.744. The molecular formula is C21H25N. The molecule has 1 N–H and O–H groups in total. The number of hydrogen-bond donors (Lipinski definition) is 1. The van der Waals surface area contributed by atoms with Gasteiger partial charge in [-0.2, -0.15) is 0 Å². The summed E-state index contributed by atoms with van der Waals surface area (Å²) in [5, 5.41) is 6.00. The van der Waals surface area contributed by atoms with E-state index in [0.717, 1.165) is 6.54 Å². The number of anilines is 1. The fourth-order valence-corrected chi connectivity index (χ4v) is 2.30. The van der Waals surface area contributed by atoms with Gasteiger partial charge in [0.25, 0.3) is 0 Å². The van der Waals surface area contributed by atoms with Crippen molar-refractivity contribution < 1.29 is 0 Å². The number of rotatable bonds is 5. The molecule has 0 heterocycles. The first-order chi connectivity index (χ1) is 10.9. The summed E-state index contributed by atoms with van der Waals surface area (Å²) in [6.45, 7) is 3.32. The average molecular weight is 291 g/mol. The zero-order valence-corrected chi connectivity index (χ0v) is 13.3. The molecule has 0 aromatic heterocycles. The lowest BCUT2D eigenvalue weighted by Crippen LogP contribution is -2.00. The van der Waals surface area contributed by atoms with Crippen LogP contribution in [-0.2, 0) is 0 Å². The minimum Gasteiger partial charge on any atom is -0.385 e. The highest BCUT2D eigenvalue weighted by molar-refractivity contribution is 5.81. The van der Waals surface area contributed by atoms with Crippen LogP contribution < -0.4 is 5.32 Å². The first-order valence-electron chi connectivity index (χ1n) is 8.13. The van der Waals surface area contributed by atoms with Crippen molar-refractivity contribution in [1.29, 1.82) is 0 Å². The Morgan fingerprint density at radius 1 is 0.636 bits per heavy atom. The van der Waals surface area contributed by atoms with Gasteiger partial charge in [-0.05, 0) is 29.3 Å². The van der Waals surface area contributed by atoms with Crippen molar-refractivity contribution in [2.45, 2.75) is 26.2 Å². The van der Waals surface area contributed by atoms with Gasteiger partial charge in [0.1, 0.15) is 0 Å². The number of benzene rings is 3. The van der Waals surface area contributed by atoms with Crippen molar-refractivity contribution in [3.8, 4) is 0 Å². The minimum absolute atomic E-state index is 1.10. The normalized spacial score (nSPS) is 9.86. The van der Waals surface area contributed by atoms with Gasteiger partial charge in [0, 0.05) is 12.2 Å². The summed E-state index contributed by atoms with van der Waals surface area (Å²) in [4.78, 5) is 0. The second-order valence-corrected chi connectivity index (χ2v) is 5.35. The van der Waals surface area contributed by atoms with Crippen molar-refractivity contribution in [3.63, 3.8) is 0 Å². The molecule has 0 aliphatic heterocycles. The van der Waals surface area contributed by atoms with Crippen molar-refractivity contribution >= 4 is 16.5 Å². The first kappa shape index (κ1) is 16.1. The molecule has 0 fully saturated rings. The van der Waals surface area contributed by atoms with E-state index in [0.29, 0.717) is 0 Å². The van der Waals surface area contributed by atoms with Crippen LogP contribution >= 0.6 is 0 Å². The summed E-state index contributed by atoms with van der Waals surface area (Å²) in [6, 6.07) is 27.1. The van der Waals surface area contributed by atoms with E-state index >= 15 is 0 Å². The molecular weight excluding hydrogens is 266 g/mol. The molecule has 3 aromatic carbocycles. The third kappa shape index (κ3) is 5.61. The zero-order chi connectivity index (χ0) is 15.5. The second-order valence-electron chi connectivity index (χ2n) is 5.35. The number of para-hydroxylation sites is 1. The first-order valence-corrected chi connectivity index (χ1v) is 8.13. The third-order valence-corrected chi connectivity index (χ3v) is 3.54. The van der Waals surface area contributed by atoms with E-state index in [2.05, 4.69) is 85.0 Å². The predicted molar refractivity (Wildman–Crippen MR) is 98.4 cm³/mol. The predicted octanol–water partition coefficient (Wildman–Crippen LogP) is 6.13. The van der Waals surface area contributed by atoms with E-state index < -0.39 is 0 Å². The highest BCUT2D eigenvalue weighted by Crippen LogP contribution is 2.11. The van der Waals surface area contributed by atoms with E-state index in [1.807, 2.05) is 6.07 Å². The molecule has 0 amide bonds. The molecule has 0 bridgehead atoms. The Morgan fingerprint density at radius 2 is 1.14 bits per heavy atom. The lowest BCUT2D eigenvalue weighted by Gasteiger charge is -2.04. The largest absolute Gasteiger partial charge is 0.385 e. The van der Waals surface area contributed by atoms with Crippen molar-refractivity contribution in [3.05, 3.63) is 78.9 Å². The molecule has 3 rings (SSSR count). The van der Waals surface area contributed by atoms with Gasteiger partial charge in [-0.25, -0.2) is 0 Å². The van der Waals surface area contributed by atoms with Gasteiger partial charge in [-0.3, -0.25) is 0 Å². The summed E-state index contributed by atoms with van der Waals surface area (Å²) in [5.41, 5.74) is 1.23. The topological polar surface area (TPSA) is 12.0 Å². The monoisotopic (exact) mass is 291 g/mol. The summed E-state index contributed by atoms with van der Waals surface area (Å²) < 4.78 is 0. The standard InChI is InChI=1S/C11H17N.C10H8/c1-2-3-7-10-12-11-8-5-4-6-9-11;1-2-6-10-8-4-3-7-9(10)5-1/h4-6,8-9,12H,2-3,7,10H2,1H3;1-8H. The molecule has 0 aliphatic rings. The Balaban J connectivity index is 0.000000162. The molecule has 0 radical (unpaired) electrons. The number of unbranched alkanes of at least 4 members (excludes halogenated alkanes) is 2. The number of nitrogens with one attached hydrogen (secondary N) is 1. The van der Waals surface area contributed by atoms with Gasteiger partial charge in [0.05, 0.1) is 0 Å². The Hall–Kier alpha value is -2.28. The van der Waals surface area contributed by atoms with Gasteiger partial charge in [0.2, 0.25) is 0 Å².